The van der Waals surface area contributed by atoms with Crippen LogP contribution < -0.4 is 5.73 Å². The lowest BCUT2D eigenvalue weighted by molar-refractivity contribution is -0.135. The van der Waals surface area contributed by atoms with Crippen LogP contribution in [0.2, 0.25) is 0 Å². The number of benzene rings is 1. The number of morpholine rings is 1. The molecule has 0 spiro atoms. The fourth-order valence-corrected chi connectivity index (χ4v) is 5.27. The summed E-state index contributed by atoms with van der Waals surface area (Å²) < 4.78 is 7.62. The minimum absolute atomic E-state index is 0.113. The molecule has 1 fully saturated rings. The minimum atomic E-state index is 0.113. The molecule has 1 aliphatic heterocycles. The number of carbonyl (C=O) groups is 1. The van der Waals surface area contributed by atoms with E-state index in [2.05, 4.69) is 51.7 Å². The predicted octanol–water partition coefficient (Wildman–Crippen LogP) is 3.75. The van der Waals surface area contributed by atoms with E-state index in [0.29, 0.717) is 39.4 Å². The molecule has 194 valence electrons. The smallest absolute Gasteiger partial charge is 0.242 e. The molecule has 1 saturated heterocycles. The summed E-state index contributed by atoms with van der Waals surface area (Å²) in [4.78, 5) is 27.2. The monoisotopic (exact) mass is 500 g/mol. The van der Waals surface area contributed by atoms with E-state index in [1.165, 1.54) is 0 Å². The summed E-state index contributed by atoms with van der Waals surface area (Å²) >= 11 is 0. The lowest BCUT2D eigenvalue weighted by Crippen LogP contribution is -2.42. The summed E-state index contributed by atoms with van der Waals surface area (Å²) in [5, 5.41) is 2.27. The first kappa shape index (κ1) is 25.3. The van der Waals surface area contributed by atoms with Crippen molar-refractivity contribution in [2.45, 2.75) is 38.9 Å². The molecule has 0 bridgehead atoms. The van der Waals surface area contributed by atoms with Crippen LogP contribution in [0.3, 0.4) is 0 Å². The number of aromatic nitrogens is 3. The van der Waals surface area contributed by atoms with E-state index in [1.807, 2.05) is 35.5 Å². The van der Waals surface area contributed by atoms with Crippen LogP contribution in [0.15, 0.2) is 60.9 Å². The molecular formula is C29H36N6O2. The molecule has 1 aliphatic rings. The lowest BCUT2D eigenvalue weighted by Gasteiger charge is -2.29. The molecule has 1 aromatic carbocycles. The first-order chi connectivity index (χ1) is 18.2. The molecule has 4 aromatic rings. The molecule has 0 saturated carbocycles. The van der Waals surface area contributed by atoms with E-state index >= 15 is 0 Å². The summed E-state index contributed by atoms with van der Waals surface area (Å²) in [5.41, 5.74) is 9.90. The number of pyridine rings is 2. The molecule has 1 atom stereocenters. The number of fused-ring (bicyclic) bond motifs is 3. The Kier molecular flexibility index (Phi) is 8.08. The van der Waals surface area contributed by atoms with E-state index in [-0.39, 0.29) is 18.5 Å². The first-order valence-corrected chi connectivity index (χ1v) is 13.2. The number of hydrogen-bond acceptors (Lipinski definition) is 6. The van der Waals surface area contributed by atoms with E-state index in [0.717, 1.165) is 52.6 Å². The van der Waals surface area contributed by atoms with Gasteiger partial charge in [-0.25, -0.2) is 0 Å². The second-order valence-corrected chi connectivity index (χ2v) is 9.65. The van der Waals surface area contributed by atoms with Gasteiger partial charge in [-0.3, -0.25) is 19.7 Å². The Balaban J connectivity index is 1.54. The molecule has 5 rings (SSSR count). The van der Waals surface area contributed by atoms with Crippen molar-refractivity contribution in [3.8, 4) is 0 Å². The highest BCUT2D eigenvalue weighted by Crippen LogP contribution is 2.32. The van der Waals surface area contributed by atoms with Crippen molar-refractivity contribution >= 4 is 27.7 Å². The Morgan fingerprint density at radius 2 is 1.84 bits per heavy atom. The summed E-state index contributed by atoms with van der Waals surface area (Å²) in [6, 6.07) is 16.6. The van der Waals surface area contributed by atoms with Gasteiger partial charge >= 0.3 is 0 Å². The summed E-state index contributed by atoms with van der Waals surface area (Å²) in [6.07, 6.45) is 5.71. The molecule has 8 nitrogen and oxygen atoms in total. The second-order valence-electron chi connectivity index (χ2n) is 9.65. The van der Waals surface area contributed by atoms with Gasteiger partial charge in [0.25, 0.3) is 0 Å². The Morgan fingerprint density at radius 1 is 1.03 bits per heavy atom. The lowest BCUT2D eigenvalue weighted by atomic mass is 10.1. The number of nitrogens with two attached hydrogens (primary N) is 1. The summed E-state index contributed by atoms with van der Waals surface area (Å²) in [5.74, 6) is 0.113. The highest BCUT2D eigenvalue weighted by Gasteiger charge is 2.24. The molecule has 37 heavy (non-hydrogen) atoms. The third-order valence-corrected chi connectivity index (χ3v) is 7.33. The maximum absolute atomic E-state index is 13.4. The standard InChI is InChI=1S/C29H36N6O2/c1-22(25-9-4-6-13-31-25)34(15-7-5-12-30)20-26-29-24(11-14-32-26)23-8-2-3-10-27(23)35(29)21-28(36)33-16-18-37-19-17-33/h2-4,6,8-11,13-14,22H,5,7,12,15-21,30H2,1H3. The fraction of sp³-hybridized carbons (Fsp3) is 0.414. The quantitative estimate of drug-likeness (QED) is 0.334. The van der Waals surface area contributed by atoms with Crippen LogP contribution in [0.25, 0.3) is 21.8 Å². The first-order valence-electron chi connectivity index (χ1n) is 13.2. The van der Waals surface area contributed by atoms with Crippen LogP contribution in [-0.4, -0.2) is 69.6 Å². The van der Waals surface area contributed by atoms with Crippen LogP contribution in [0, 0.1) is 0 Å². The highest BCUT2D eigenvalue weighted by molar-refractivity contribution is 6.09. The number of amides is 1. The normalized spacial score (nSPS) is 15.1. The SMILES string of the molecule is CC(c1ccccn1)N(CCCCN)Cc1nccc2c3ccccc3n(CC(=O)N3CCOCC3)c12. The average Bonchev–Trinajstić information content (AvgIpc) is 3.27. The van der Waals surface area contributed by atoms with E-state index in [1.54, 1.807) is 0 Å². The van der Waals surface area contributed by atoms with Crippen molar-refractivity contribution in [2.75, 3.05) is 39.4 Å². The maximum atomic E-state index is 13.4. The Hall–Kier alpha value is -3.33. The zero-order valence-corrected chi connectivity index (χ0v) is 21.6. The number of rotatable bonds is 10. The van der Waals surface area contributed by atoms with Gasteiger partial charge in [0, 0.05) is 54.4 Å². The van der Waals surface area contributed by atoms with Crippen LogP contribution >= 0.6 is 0 Å². The Labute approximate surface area is 218 Å². The number of carbonyl (C=O) groups excluding carboxylic acids is 1. The molecule has 0 aliphatic carbocycles. The molecular weight excluding hydrogens is 464 g/mol. The second kappa shape index (κ2) is 11.8. The van der Waals surface area contributed by atoms with Crippen molar-refractivity contribution in [3.63, 3.8) is 0 Å². The molecule has 1 amide bonds. The third kappa shape index (κ3) is 5.51. The molecule has 1 unspecified atom stereocenters. The van der Waals surface area contributed by atoms with E-state index in [4.69, 9.17) is 15.5 Å². The third-order valence-electron chi connectivity index (χ3n) is 7.33. The number of unbranched alkanes of at least 4 members (excludes halogenated alkanes) is 1. The van der Waals surface area contributed by atoms with Gasteiger partial charge in [-0.2, -0.15) is 0 Å². The van der Waals surface area contributed by atoms with Crippen LogP contribution in [0.4, 0.5) is 0 Å². The van der Waals surface area contributed by atoms with Gasteiger partial charge in [0.1, 0.15) is 6.54 Å². The predicted molar refractivity (Wildman–Crippen MR) is 146 cm³/mol. The summed E-state index contributed by atoms with van der Waals surface area (Å²) in [7, 11) is 0. The maximum Gasteiger partial charge on any atom is 0.242 e. The van der Waals surface area contributed by atoms with Gasteiger partial charge in [0.15, 0.2) is 0 Å². The zero-order valence-electron chi connectivity index (χ0n) is 21.6. The van der Waals surface area contributed by atoms with Crippen LogP contribution in [0.1, 0.15) is 37.2 Å². The van der Waals surface area contributed by atoms with Gasteiger partial charge < -0.3 is 19.9 Å². The van der Waals surface area contributed by atoms with E-state index < -0.39 is 0 Å². The number of hydrogen-bond donors (Lipinski definition) is 1. The molecule has 2 N–H and O–H groups in total. The number of ether oxygens (including phenoxy) is 1. The van der Waals surface area contributed by atoms with Gasteiger partial charge in [0.2, 0.25) is 5.91 Å². The van der Waals surface area contributed by atoms with E-state index in [9.17, 15) is 4.79 Å². The molecule has 0 radical (unpaired) electrons. The van der Waals surface area contributed by atoms with Gasteiger partial charge in [-0.05, 0) is 57.1 Å². The van der Waals surface area contributed by atoms with Crippen molar-refractivity contribution in [2.24, 2.45) is 5.73 Å². The number of para-hydroxylation sites is 1. The van der Waals surface area contributed by atoms with Crippen molar-refractivity contribution < 1.29 is 9.53 Å². The molecule has 3 aromatic heterocycles. The van der Waals surface area contributed by atoms with Gasteiger partial charge in [-0.15, -0.1) is 0 Å². The molecule has 8 heteroatoms. The summed E-state index contributed by atoms with van der Waals surface area (Å²) in [6.45, 7) is 7.16. The van der Waals surface area contributed by atoms with Crippen molar-refractivity contribution in [1.82, 2.24) is 24.3 Å². The van der Waals surface area contributed by atoms with Crippen molar-refractivity contribution in [3.05, 3.63) is 72.3 Å². The minimum Gasteiger partial charge on any atom is -0.378 e. The van der Waals surface area contributed by atoms with Gasteiger partial charge in [0.05, 0.1) is 30.1 Å². The zero-order chi connectivity index (χ0) is 25.6. The van der Waals surface area contributed by atoms with Gasteiger partial charge in [-0.1, -0.05) is 24.3 Å². The fourth-order valence-electron chi connectivity index (χ4n) is 5.27. The largest absolute Gasteiger partial charge is 0.378 e. The Morgan fingerprint density at radius 3 is 2.62 bits per heavy atom. The topological polar surface area (TPSA) is 89.5 Å². The number of nitrogens with zero attached hydrogens (tertiary/aromatic N) is 5. The molecule has 4 heterocycles. The van der Waals surface area contributed by atoms with Crippen LogP contribution in [0.5, 0.6) is 0 Å². The highest BCUT2D eigenvalue weighted by atomic mass is 16.5. The van der Waals surface area contributed by atoms with Crippen LogP contribution in [-0.2, 0) is 22.6 Å². The Bertz CT molecular complexity index is 1330. The van der Waals surface area contributed by atoms with Crippen molar-refractivity contribution in [1.29, 1.82) is 0 Å². The average molecular weight is 501 g/mol.